The van der Waals surface area contributed by atoms with E-state index < -0.39 is 0 Å². The SMILES string of the molecule is CCOC(=O)CSc1cc(OCC)ccc1N. The van der Waals surface area contributed by atoms with Gasteiger partial charge in [-0.05, 0) is 32.0 Å². The molecule has 0 aliphatic carbocycles. The van der Waals surface area contributed by atoms with E-state index in [0.29, 0.717) is 18.9 Å². The third-order valence-corrected chi connectivity index (χ3v) is 2.99. The molecule has 0 amide bonds. The van der Waals surface area contributed by atoms with Crippen molar-refractivity contribution >= 4 is 23.4 Å². The fourth-order valence-corrected chi connectivity index (χ4v) is 2.03. The summed E-state index contributed by atoms with van der Waals surface area (Å²) in [6.07, 6.45) is 0. The molecule has 5 heteroatoms. The Balaban J connectivity index is 2.62. The molecule has 17 heavy (non-hydrogen) atoms. The molecule has 0 aromatic heterocycles. The number of rotatable bonds is 6. The minimum atomic E-state index is -0.237. The van der Waals surface area contributed by atoms with E-state index in [4.69, 9.17) is 15.2 Å². The van der Waals surface area contributed by atoms with Gasteiger partial charge in [0, 0.05) is 10.6 Å². The number of hydrogen-bond donors (Lipinski definition) is 1. The van der Waals surface area contributed by atoms with Crippen LogP contribution in [0.1, 0.15) is 13.8 Å². The van der Waals surface area contributed by atoms with E-state index in [1.54, 1.807) is 13.0 Å². The number of nitrogens with two attached hydrogens (primary N) is 1. The number of benzene rings is 1. The van der Waals surface area contributed by atoms with Crippen LogP contribution in [0.3, 0.4) is 0 Å². The predicted molar refractivity (Wildman–Crippen MR) is 69.4 cm³/mol. The lowest BCUT2D eigenvalue weighted by molar-refractivity contribution is -0.139. The maximum atomic E-state index is 11.2. The number of thioether (sulfide) groups is 1. The first-order valence-electron chi connectivity index (χ1n) is 5.48. The summed E-state index contributed by atoms with van der Waals surface area (Å²) in [4.78, 5) is 12.1. The summed E-state index contributed by atoms with van der Waals surface area (Å²) < 4.78 is 10.2. The van der Waals surface area contributed by atoms with Gasteiger partial charge in [-0.15, -0.1) is 11.8 Å². The molecule has 0 heterocycles. The number of hydrogen-bond acceptors (Lipinski definition) is 5. The van der Waals surface area contributed by atoms with Gasteiger partial charge in [-0.2, -0.15) is 0 Å². The van der Waals surface area contributed by atoms with Crippen LogP contribution in [0.2, 0.25) is 0 Å². The van der Waals surface area contributed by atoms with Crippen LogP contribution in [0.5, 0.6) is 5.75 Å². The molecule has 2 N–H and O–H groups in total. The molecule has 0 atom stereocenters. The van der Waals surface area contributed by atoms with E-state index in [0.717, 1.165) is 10.6 Å². The van der Waals surface area contributed by atoms with Crippen LogP contribution in [0.25, 0.3) is 0 Å². The van der Waals surface area contributed by atoms with Crippen molar-refractivity contribution in [1.82, 2.24) is 0 Å². The van der Waals surface area contributed by atoms with E-state index in [2.05, 4.69) is 0 Å². The highest BCUT2D eigenvalue weighted by Crippen LogP contribution is 2.29. The molecule has 0 aliphatic heterocycles. The molecule has 94 valence electrons. The number of carbonyl (C=O) groups is 1. The molecular formula is C12H17NO3S. The van der Waals surface area contributed by atoms with E-state index in [1.165, 1.54) is 11.8 Å². The van der Waals surface area contributed by atoms with Crippen LogP contribution in [0.4, 0.5) is 5.69 Å². The van der Waals surface area contributed by atoms with Crippen LogP contribution in [0, 0.1) is 0 Å². The van der Waals surface area contributed by atoms with Crippen molar-refractivity contribution < 1.29 is 14.3 Å². The third kappa shape index (κ3) is 4.56. The lowest BCUT2D eigenvalue weighted by Gasteiger charge is -2.08. The third-order valence-electron chi connectivity index (χ3n) is 1.95. The van der Waals surface area contributed by atoms with Gasteiger partial charge in [-0.1, -0.05) is 0 Å². The average Bonchev–Trinajstić information content (AvgIpc) is 2.30. The number of ether oxygens (including phenoxy) is 2. The van der Waals surface area contributed by atoms with Crippen LogP contribution in [0.15, 0.2) is 23.1 Å². The molecule has 0 saturated carbocycles. The quantitative estimate of drug-likeness (QED) is 0.480. The molecule has 1 rings (SSSR count). The van der Waals surface area contributed by atoms with Crippen molar-refractivity contribution in [3.63, 3.8) is 0 Å². The molecule has 0 fully saturated rings. The first kappa shape index (κ1) is 13.7. The molecular weight excluding hydrogens is 238 g/mol. The van der Waals surface area contributed by atoms with Gasteiger partial charge in [0.15, 0.2) is 0 Å². The molecule has 0 unspecified atom stereocenters. The second-order valence-electron chi connectivity index (χ2n) is 3.23. The standard InChI is InChI=1S/C12H17NO3S/c1-3-15-9-5-6-10(13)11(7-9)17-8-12(14)16-4-2/h5-7H,3-4,8,13H2,1-2H3. The Bertz CT molecular complexity index is 382. The van der Waals surface area contributed by atoms with Crippen molar-refractivity contribution in [1.29, 1.82) is 0 Å². The smallest absolute Gasteiger partial charge is 0.316 e. The van der Waals surface area contributed by atoms with Gasteiger partial charge in [0.2, 0.25) is 0 Å². The second-order valence-corrected chi connectivity index (χ2v) is 4.24. The lowest BCUT2D eigenvalue weighted by atomic mass is 10.3. The molecule has 0 aliphatic rings. The molecule has 1 aromatic rings. The molecule has 1 aromatic carbocycles. The summed E-state index contributed by atoms with van der Waals surface area (Å²) in [5.74, 6) is 0.778. The topological polar surface area (TPSA) is 61.5 Å². The molecule has 0 spiro atoms. The zero-order valence-corrected chi connectivity index (χ0v) is 10.9. The number of carbonyl (C=O) groups excluding carboxylic acids is 1. The van der Waals surface area contributed by atoms with Crippen molar-refractivity contribution in [2.24, 2.45) is 0 Å². The average molecular weight is 255 g/mol. The Morgan fingerprint density at radius 3 is 2.76 bits per heavy atom. The number of anilines is 1. The van der Waals surface area contributed by atoms with Crippen LogP contribution in [-0.2, 0) is 9.53 Å². The zero-order valence-electron chi connectivity index (χ0n) is 10.1. The van der Waals surface area contributed by atoms with E-state index in [9.17, 15) is 4.79 Å². The van der Waals surface area contributed by atoms with Crippen molar-refractivity contribution in [2.75, 3.05) is 24.7 Å². The number of esters is 1. The van der Waals surface area contributed by atoms with Gasteiger partial charge in [0.05, 0.1) is 19.0 Å². The zero-order chi connectivity index (χ0) is 12.7. The summed E-state index contributed by atoms with van der Waals surface area (Å²) >= 11 is 1.36. The first-order chi connectivity index (χ1) is 8.17. The van der Waals surface area contributed by atoms with Gasteiger partial charge < -0.3 is 15.2 Å². The Labute approximate surface area is 105 Å². The highest BCUT2D eigenvalue weighted by molar-refractivity contribution is 8.00. The summed E-state index contributed by atoms with van der Waals surface area (Å²) in [6.45, 7) is 4.70. The number of nitrogen functional groups attached to an aromatic ring is 1. The minimum Gasteiger partial charge on any atom is -0.494 e. The first-order valence-corrected chi connectivity index (χ1v) is 6.46. The van der Waals surface area contributed by atoms with E-state index >= 15 is 0 Å². The Kier molecular flexibility index (Phi) is 5.69. The summed E-state index contributed by atoms with van der Waals surface area (Å²) in [6, 6.07) is 5.43. The van der Waals surface area contributed by atoms with Gasteiger partial charge in [-0.3, -0.25) is 4.79 Å². The van der Waals surface area contributed by atoms with Gasteiger partial charge in [-0.25, -0.2) is 0 Å². The largest absolute Gasteiger partial charge is 0.494 e. The van der Waals surface area contributed by atoms with Gasteiger partial charge >= 0.3 is 5.97 Å². The normalized spacial score (nSPS) is 10.0. The Hall–Kier alpha value is -1.36. The molecule has 0 saturated heterocycles. The fraction of sp³-hybridized carbons (Fsp3) is 0.417. The minimum absolute atomic E-state index is 0.237. The molecule has 4 nitrogen and oxygen atoms in total. The van der Waals surface area contributed by atoms with Crippen molar-refractivity contribution in [3.05, 3.63) is 18.2 Å². The second kappa shape index (κ2) is 7.06. The molecule has 0 radical (unpaired) electrons. The van der Waals surface area contributed by atoms with Gasteiger partial charge in [0.1, 0.15) is 5.75 Å². The highest BCUT2D eigenvalue weighted by atomic mass is 32.2. The Morgan fingerprint density at radius 2 is 2.12 bits per heavy atom. The summed E-state index contributed by atoms with van der Waals surface area (Å²) in [7, 11) is 0. The predicted octanol–water partition coefficient (Wildman–Crippen LogP) is 2.32. The van der Waals surface area contributed by atoms with Crippen molar-refractivity contribution in [3.8, 4) is 5.75 Å². The lowest BCUT2D eigenvalue weighted by Crippen LogP contribution is -2.06. The maximum absolute atomic E-state index is 11.2. The molecule has 0 bridgehead atoms. The summed E-state index contributed by atoms with van der Waals surface area (Å²) in [5.41, 5.74) is 6.46. The van der Waals surface area contributed by atoms with E-state index in [1.807, 2.05) is 19.1 Å². The van der Waals surface area contributed by atoms with Gasteiger partial charge in [0.25, 0.3) is 0 Å². The summed E-state index contributed by atoms with van der Waals surface area (Å²) in [5, 5.41) is 0. The fourth-order valence-electron chi connectivity index (χ4n) is 1.24. The maximum Gasteiger partial charge on any atom is 0.316 e. The van der Waals surface area contributed by atoms with E-state index in [-0.39, 0.29) is 11.7 Å². The van der Waals surface area contributed by atoms with Crippen molar-refractivity contribution in [2.45, 2.75) is 18.7 Å². The van der Waals surface area contributed by atoms with Crippen LogP contribution < -0.4 is 10.5 Å². The van der Waals surface area contributed by atoms with Crippen LogP contribution >= 0.6 is 11.8 Å². The van der Waals surface area contributed by atoms with Crippen LogP contribution in [-0.4, -0.2) is 24.9 Å². The highest BCUT2D eigenvalue weighted by Gasteiger charge is 2.07. The monoisotopic (exact) mass is 255 g/mol. The Morgan fingerprint density at radius 1 is 1.35 bits per heavy atom.